The lowest BCUT2D eigenvalue weighted by molar-refractivity contribution is -0.135. The van der Waals surface area contributed by atoms with Crippen molar-refractivity contribution in [2.24, 2.45) is 0 Å². The molecule has 2 atom stereocenters. The third-order valence-corrected chi connectivity index (χ3v) is 1.61. The lowest BCUT2D eigenvalue weighted by atomic mass is 10.2. The predicted octanol–water partition coefficient (Wildman–Crippen LogP) is -0.833. The molecule has 0 rings (SSSR count). The highest BCUT2D eigenvalue weighted by Gasteiger charge is 2.10. The van der Waals surface area contributed by atoms with Crippen LogP contribution in [0, 0.1) is 0 Å². The lowest BCUT2D eigenvalue weighted by Crippen LogP contribution is -2.22. The molecule has 2 N–H and O–H groups in total. The summed E-state index contributed by atoms with van der Waals surface area (Å²) in [6, 6.07) is 0. The zero-order valence-corrected chi connectivity index (χ0v) is 8.99. The number of carbonyl (C=O) groups excluding carboxylic acids is 2. The molecular formula is C10H14O6. The second-order valence-electron chi connectivity index (χ2n) is 2.75. The first-order chi connectivity index (χ1) is 7.51. The number of esters is 2. The van der Waals surface area contributed by atoms with Crippen molar-refractivity contribution in [2.75, 3.05) is 14.2 Å². The monoisotopic (exact) mass is 230 g/mol. The van der Waals surface area contributed by atoms with Gasteiger partial charge in [0.05, 0.1) is 14.2 Å². The first-order valence-electron chi connectivity index (χ1n) is 4.39. The van der Waals surface area contributed by atoms with Crippen molar-refractivity contribution in [3.05, 3.63) is 24.3 Å². The van der Waals surface area contributed by atoms with Gasteiger partial charge >= 0.3 is 11.9 Å². The van der Waals surface area contributed by atoms with Crippen LogP contribution < -0.4 is 0 Å². The van der Waals surface area contributed by atoms with Gasteiger partial charge in [0.25, 0.3) is 0 Å². The van der Waals surface area contributed by atoms with E-state index in [1.165, 1.54) is 14.2 Å². The summed E-state index contributed by atoms with van der Waals surface area (Å²) in [6.07, 6.45) is 1.44. The number of methoxy groups -OCH3 is 2. The highest BCUT2D eigenvalue weighted by atomic mass is 16.5. The Balaban J connectivity index is 4.23. The van der Waals surface area contributed by atoms with Crippen LogP contribution >= 0.6 is 0 Å². The summed E-state index contributed by atoms with van der Waals surface area (Å²) in [6.45, 7) is 0. The van der Waals surface area contributed by atoms with E-state index in [2.05, 4.69) is 9.47 Å². The van der Waals surface area contributed by atoms with Gasteiger partial charge in [0.15, 0.2) is 0 Å². The average molecular weight is 230 g/mol. The minimum absolute atomic E-state index is 0.650. The van der Waals surface area contributed by atoms with Crippen LogP contribution in [0.25, 0.3) is 0 Å². The molecule has 0 aliphatic rings. The van der Waals surface area contributed by atoms with E-state index in [4.69, 9.17) is 0 Å². The Kier molecular flexibility index (Phi) is 6.82. The summed E-state index contributed by atoms with van der Waals surface area (Å²) in [4.78, 5) is 21.3. The van der Waals surface area contributed by atoms with Gasteiger partial charge in [-0.25, -0.2) is 9.59 Å². The number of rotatable bonds is 5. The van der Waals surface area contributed by atoms with Crippen molar-refractivity contribution in [3.63, 3.8) is 0 Å². The molecule has 0 amide bonds. The Morgan fingerprint density at radius 1 is 0.938 bits per heavy atom. The van der Waals surface area contributed by atoms with Crippen LogP contribution in [-0.2, 0) is 19.1 Å². The SMILES string of the molecule is COC(=O)/C=C/[C@@H](O)[C@H](O)/C=C/C(=O)OC. The van der Waals surface area contributed by atoms with Crippen LogP contribution in [-0.4, -0.2) is 48.6 Å². The number of ether oxygens (including phenoxy) is 2. The standard InChI is InChI=1S/C10H14O6/c1-15-9(13)5-3-7(11)8(12)4-6-10(14)16-2/h3-8,11-12H,1-2H3/b5-3+,6-4+/t7-,8-/m1/s1. The van der Waals surface area contributed by atoms with Crippen molar-refractivity contribution < 1.29 is 29.3 Å². The summed E-state index contributed by atoms with van der Waals surface area (Å²) in [5, 5.41) is 18.6. The molecule has 0 aliphatic heterocycles. The fraction of sp³-hybridized carbons (Fsp3) is 0.400. The van der Waals surface area contributed by atoms with Gasteiger partial charge in [-0.3, -0.25) is 0 Å². The molecular weight excluding hydrogens is 216 g/mol. The van der Waals surface area contributed by atoms with Crippen LogP contribution in [0.3, 0.4) is 0 Å². The quantitative estimate of drug-likeness (QED) is 0.473. The maximum absolute atomic E-state index is 10.7. The first-order valence-corrected chi connectivity index (χ1v) is 4.39. The fourth-order valence-corrected chi connectivity index (χ4v) is 0.718. The van der Waals surface area contributed by atoms with Gasteiger partial charge in [0.2, 0.25) is 0 Å². The average Bonchev–Trinajstić information content (AvgIpc) is 2.31. The number of carbonyl (C=O) groups is 2. The topological polar surface area (TPSA) is 93.1 Å². The van der Waals surface area contributed by atoms with Gasteiger partial charge in [-0.2, -0.15) is 0 Å². The Morgan fingerprint density at radius 2 is 1.25 bits per heavy atom. The van der Waals surface area contributed by atoms with E-state index in [0.29, 0.717) is 0 Å². The van der Waals surface area contributed by atoms with Crippen molar-refractivity contribution in [2.45, 2.75) is 12.2 Å². The molecule has 0 aliphatic carbocycles. The van der Waals surface area contributed by atoms with Crippen LogP contribution in [0.5, 0.6) is 0 Å². The number of hydrogen-bond acceptors (Lipinski definition) is 6. The van der Waals surface area contributed by atoms with Gasteiger partial charge in [0.1, 0.15) is 12.2 Å². The second kappa shape index (κ2) is 7.61. The van der Waals surface area contributed by atoms with Crippen molar-refractivity contribution in [1.29, 1.82) is 0 Å². The molecule has 0 saturated carbocycles. The van der Waals surface area contributed by atoms with E-state index >= 15 is 0 Å². The fourth-order valence-electron chi connectivity index (χ4n) is 0.718. The lowest BCUT2D eigenvalue weighted by Gasteiger charge is -2.09. The third kappa shape index (κ3) is 5.94. The molecule has 0 unspecified atom stereocenters. The number of hydrogen-bond donors (Lipinski definition) is 2. The highest BCUT2D eigenvalue weighted by molar-refractivity contribution is 5.82. The molecule has 0 aromatic rings. The molecule has 90 valence electrons. The molecule has 0 heterocycles. The van der Waals surface area contributed by atoms with Gasteiger partial charge in [-0.1, -0.05) is 0 Å². The van der Waals surface area contributed by atoms with Crippen LogP contribution in [0.15, 0.2) is 24.3 Å². The van der Waals surface area contributed by atoms with Crippen molar-refractivity contribution in [1.82, 2.24) is 0 Å². The number of aliphatic hydroxyl groups is 2. The Labute approximate surface area is 92.8 Å². The van der Waals surface area contributed by atoms with Crippen molar-refractivity contribution >= 4 is 11.9 Å². The number of aliphatic hydroxyl groups excluding tert-OH is 2. The summed E-state index contributed by atoms with van der Waals surface area (Å²) in [7, 11) is 2.37. The summed E-state index contributed by atoms with van der Waals surface area (Å²) in [5.41, 5.74) is 0. The largest absolute Gasteiger partial charge is 0.466 e. The maximum Gasteiger partial charge on any atom is 0.330 e. The third-order valence-electron chi connectivity index (χ3n) is 1.61. The van der Waals surface area contributed by atoms with Crippen LogP contribution in [0.1, 0.15) is 0 Å². The molecule has 0 aromatic carbocycles. The van der Waals surface area contributed by atoms with E-state index < -0.39 is 24.1 Å². The Bertz CT molecular complexity index is 264. The van der Waals surface area contributed by atoms with E-state index in [1.54, 1.807) is 0 Å². The zero-order valence-electron chi connectivity index (χ0n) is 8.99. The minimum atomic E-state index is -1.31. The molecule has 0 spiro atoms. The molecule has 6 nitrogen and oxygen atoms in total. The van der Waals surface area contributed by atoms with E-state index in [-0.39, 0.29) is 0 Å². The van der Waals surface area contributed by atoms with Crippen LogP contribution in [0.4, 0.5) is 0 Å². The molecule has 0 aromatic heterocycles. The van der Waals surface area contributed by atoms with Crippen molar-refractivity contribution in [3.8, 4) is 0 Å². The predicted molar refractivity (Wildman–Crippen MR) is 54.3 cm³/mol. The van der Waals surface area contributed by atoms with Gasteiger partial charge in [0, 0.05) is 12.2 Å². The zero-order chi connectivity index (χ0) is 12.6. The van der Waals surface area contributed by atoms with E-state index in [9.17, 15) is 19.8 Å². The molecule has 16 heavy (non-hydrogen) atoms. The smallest absolute Gasteiger partial charge is 0.330 e. The minimum Gasteiger partial charge on any atom is -0.466 e. The molecule has 0 saturated heterocycles. The summed E-state index contributed by atoms with van der Waals surface area (Å²) >= 11 is 0. The highest BCUT2D eigenvalue weighted by Crippen LogP contribution is 1.98. The second-order valence-corrected chi connectivity index (χ2v) is 2.75. The Hall–Kier alpha value is -1.66. The van der Waals surface area contributed by atoms with E-state index in [0.717, 1.165) is 24.3 Å². The summed E-state index contributed by atoms with van der Waals surface area (Å²) < 4.78 is 8.57. The Morgan fingerprint density at radius 3 is 1.50 bits per heavy atom. The molecule has 0 fully saturated rings. The van der Waals surface area contributed by atoms with Gasteiger partial charge < -0.3 is 19.7 Å². The molecule has 0 radical (unpaired) electrons. The van der Waals surface area contributed by atoms with Gasteiger partial charge in [-0.15, -0.1) is 0 Å². The molecule has 6 heteroatoms. The normalized spacial score (nSPS) is 15.0. The molecule has 0 bridgehead atoms. The first kappa shape index (κ1) is 14.3. The summed E-state index contributed by atoms with van der Waals surface area (Å²) in [5.74, 6) is -1.30. The van der Waals surface area contributed by atoms with Gasteiger partial charge in [-0.05, 0) is 12.2 Å². The van der Waals surface area contributed by atoms with E-state index in [1.807, 2.05) is 0 Å². The maximum atomic E-state index is 10.7. The van der Waals surface area contributed by atoms with Crippen LogP contribution in [0.2, 0.25) is 0 Å².